The molecule has 0 aromatic carbocycles. The Bertz CT molecular complexity index is 720. The van der Waals surface area contributed by atoms with Crippen LogP contribution in [-0.4, -0.2) is 41.5 Å². The molecule has 0 aliphatic heterocycles. The Morgan fingerprint density at radius 2 is 1.80 bits per heavy atom. The van der Waals surface area contributed by atoms with Crippen molar-refractivity contribution in [3.63, 3.8) is 0 Å². The van der Waals surface area contributed by atoms with Crippen molar-refractivity contribution in [1.82, 2.24) is 15.0 Å². The van der Waals surface area contributed by atoms with Crippen molar-refractivity contribution in [2.24, 2.45) is 0 Å². The molecule has 136 valence electrons. The van der Waals surface area contributed by atoms with Crippen LogP contribution in [0.15, 0.2) is 17.2 Å². The molecule has 2 aromatic heterocycles. The normalized spacial score (nSPS) is 10.8. The molecule has 0 radical (unpaired) electrons. The molecular formula is C18H26N4O2S. The average Bonchev–Trinajstić information content (AvgIpc) is 2.65. The molecule has 2 heterocycles. The first-order chi connectivity index (χ1) is 12.1. The van der Waals surface area contributed by atoms with Crippen LogP contribution in [0.3, 0.4) is 0 Å². The van der Waals surface area contributed by atoms with Crippen LogP contribution in [0.4, 0.5) is 5.82 Å². The molecule has 0 unspecified atom stereocenters. The van der Waals surface area contributed by atoms with Crippen molar-refractivity contribution in [2.45, 2.75) is 44.7 Å². The first kappa shape index (κ1) is 19.3. The lowest BCUT2D eigenvalue weighted by atomic mass is 10.1. The molecule has 2 aromatic rings. The molecule has 0 amide bonds. The van der Waals surface area contributed by atoms with Gasteiger partial charge in [0.15, 0.2) is 5.82 Å². The van der Waals surface area contributed by atoms with Gasteiger partial charge >= 0.3 is 0 Å². The van der Waals surface area contributed by atoms with Crippen LogP contribution < -0.4 is 14.8 Å². The van der Waals surface area contributed by atoms with Gasteiger partial charge in [-0.05, 0) is 32.1 Å². The molecule has 0 fully saturated rings. The molecule has 7 heteroatoms. The number of pyridine rings is 1. The Balaban J connectivity index is 2.50. The molecule has 2 rings (SSSR count). The van der Waals surface area contributed by atoms with Gasteiger partial charge in [0.2, 0.25) is 11.8 Å². The number of hydrogen-bond donors (Lipinski definition) is 1. The molecule has 0 saturated carbocycles. The van der Waals surface area contributed by atoms with Gasteiger partial charge in [0.1, 0.15) is 5.03 Å². The van der Waals surface area contributed by atoms with Gasteiger partial charge in [-0.25, -0.2) is 9.97 Å². The smallest absolute Gasteiger partial charge is 0.226 e. The number of aromatic nitrogens is 3. The van der Waals surface area contributed by atoms with Crippen molar-refractivity contribution in [1.29, 1.82) is 0 Å². The van der Waals surface area contributed by atoms with Gasteiger partial charge in [-0.2, -0.15) is 4.98 Å². The molecule has 6 nitrogen and oxygen atoms in total. The maximum Gasteiger partial charge on any atom is 0.226 e. The molecule has 1 N–H and O–H groups in total. The number of nitrogens with one attached hydrogen (secondary N) is 1. The van der Waals surface area contributed by atoms with Crippen LogP contribution in [0.25, 0.3) is 11.3 Å². The average molecular weight is 362 g/mol. The summed E-state index contributed by atoms with van der Waals surface area (Å²) < 4.78 is 10.6. The first-order valence-corrected chi connectivity index (χ1v) is 9.58. The highest BCUT2D eigenvalue weighted by atomic mass is 32.2. The molecule has 0 spiro atoms. The van der Waals surface area contributed by atoms with Gasteiger partial charge in [0, 0.05) is 12.1 Å². The zero-order valence-electron chi connectivity index (χ0n) is 15.7. The Morgan fingerprint density at radius 3 is 2.36 bits per heavy atom. The second-order valence-electron chi connectivity index (χ2n) is 5.58. The number of nitrogens with zero attached hydrogens (tertiary/aromatic N) is 3. The summed E-state index contributed by atoms with van der Waals surface area (Å²) in [6.07, 6.45) is 4.09. The molecule has 0 aliphatic rings. The van der Waals surface area contributed by atoms with Gasteiger partial charge in [-0.3, -0.25) is 0 Å². The topological polar surface area (TPSA) is 69.2 Å². The van der Waals surface area contributed by atoms with E-state index in [4.69, 9.17) is 19.4 Å². The lowest BCUT2D eigenvalue weighted by Crippen LogP contribution is -2.19. The fraction of sp³-hybridized carbons (Fsp3) is 0.500. The maximum absolute atomic E-state index is 5.42. The van der Waals surface area contributed by atoms with E-state index < -0.39 is 0 Å². The molecule has 0 atom stereocenters. The third kappa shape index (κ3) is 4.34. The van der Waals surface area contributed by atoms with Crippen LogP contribution in [0.5, 0.6) is 11.8 Å². The predicted molar refractivity (Wildman–Crippen MR) is 103 cm³/mol. The minimum atomic E-state index is 0.391. The van der Waals surface area contributed by atoms with E-state index in [1.165, 1.54) is 0 Å². The van der Waals surface area contributed by atoms with Crippen LogP contribution in [0.2, 0.25) is 0 Å². The highest BCUT2D eigenvalue weighted by Gasteiger charge is 2.18. The SMILES string of the molecule is CCC(CC)Nc1nc(C)c(-c2ccc(OC)nc2OC)nc1SC. The Labute approximate surface area is 153 Å². The van der Waals surface area contributed by atoms with Crippen molar-refractivity contribution >= 4 is 17.6 Å². The van der Waals surface area contributed by atoms with Crippen molar-refractivity contribution in [3.05, 3.63) is 17.8 Å². The second-order valence-corrected chi connectivity index (χ2v) is 6.38. The molecule has 0 aliphatic carbocycles. The summed E-state index contributed by atoms with van der Waals surface area (Å²) in [5.74, 6) is 1.82. The van der Waals surface area contributed by atoms with Gasteiger partial charge in [-0.15, -0.1) is 11.8 Å². The van der Waals surface area contributed by atoms with E-state index in [0.717, 1.165) is 40.6 Å². The van der Waals surface area contributed by atoms with Crippen molar-refractivity contribution in [2.75, 3.05) is 25.8 Å². The van der Waals surface area contributed by atoms with E-state index >= 15 is 0 Å². The summed E-state index contributed by atoms with van der Waals surface area (Å²) in [5, 5.41) is 4.37. The fourth-order valence-electron chi connectivity index (χ4n) is 2.55. The number of ether oxygens (including phenoxy) is 2. The zero-order chi connectivity index (χ0) is 18.4. The highest BCUT2D eigenvalue weighted by Crippen LogP contribution is 2.34. The van der Waals surface area contributed by atoms with E-state index in [9.17, 15) is 0 Å². The van der Waals surface area contributed by atoms with E-state index in [-0.39, 0.29) is 0 Å². The number of aryl methyl sites for hydroxylation is 1. The van der Waals surface area contributed by atoms with Crippen LogP contribution >= 0.6 is 11.8 Å². The van der Waals surface area contributed by atoms with Crippen molar-refractivity contribution < 1.29 is 9.47 Å². The zero-order valence-corrected chi connectivity index (χ0v) is 16.5. The van der Waals surface area contributed by atoms with Crippen molar-refractivity contribution in [3.8, 4) is 23.0 Å². The number of thioether (sulfide) groups is 1. The van der Waals surface area contributed by atoms with E-state index in [0.29, 0.717) is 17.8 Å². The van der Waals surface area contributed by atoms with E-state index in [1.807, 2.05) is 19.2 Å². The summed E-state index contributed by atoms with van der Waals surface area (Å²) in [5.41, 5.74) is 2.40. The standard InChI is InChI=1S/C18H26N4O2S/c1-7-12(8-2)20-16-18(25-6)22-15(11(3)19-16)13-9-10-14(23-4)21-17(13)24-5/h9-10,12H,7-8H2,1-6H3,(H,19,20). The molecule has 0 bridgehead atoms. The number of anilines is 1. The predicted octanol–water partition coefficient (Wildman–Crippen LogP) is 4.19. The van der Waals surface area contributed by atoms with Gasteiger partial charge < -0.3 is 14.8 Å². The Kier molecular flexibility index (Phi) is 6.87. The summed E-state index contributed by atoms with van der Waals surface area (Å²) in [4.78, 5) is 13.9. The highest BCUT2D eigenvalue weighted by molar-refractivity contribution is 7.98. The number of methoxy groups -OCH3 is 2. The number of rotatable bonds is 8. The Hall–Kier alpha value is -2.02. The lowest BCUT2D eigenvalue weighted by Gasteiger charge is -2.19. The molecule has 25 heavy (non-hydrogen) atoms. The monoisotopic (exact) mass is 362 g/mol. The van der Waals surface area contributed by atoms with Gasteiger partial charge in [-0.1, -0.05) is 13.8 Å². The summed E-state index contributed by atoms with van der Waals surface area (Å²) >= 11 is 1.58. The summed E-state index contributed by atoms with van der Waals surface area (Å²) in [7, 11) is 3.17. The minimum absolute atomic E-state index is 0.391. The van der Waals surface area contributed by atoms with Gasteiger partial charge in [0.05, 0.1) is 31.2 Å². The van der Waals surface area contributed by atoms with E-state index in [2.05, 4.69) is 24.1 Å². The van der Waals surface area contributed by atoms with E-state index in [1.54, 1.807) is 32.0 Å². The third-order valence-corrected chi connectivity index (χ3v) is 4.72. The molecular weight excluding hydrogens is 336 g/mol. The lowest BCUT2D eigenvalue weighted by molar-refractivity contribution is 0.365. The number of hydrogen-bond acceptors (Lipinski definition) is 7. The van der Waals surface area contributed by atoms with Crippen LogP contribution in [0, 0.1) is 6.92 Å². The second kappa shape index (κ2) is 8.89. The quantitative estimate of drug-likeness (QED) is 0.706. The molecule has 0 saturated heterocycles. The van der Waals surface area contributed by atoms with Crippen LogP contribution in [-0.2, 0) is 0 Å². The summed E-state index contributed by atoms with van der Waals surface area (Å²) in [6, 6.07) is 4.09. The first-order valence-electron chi connectivity index (χ1n) is 8.36. The fourth-order valence-corrected chi connectivity index (χ4v) is 3.03. The maximum atomic E-state index is 5.42. The summed E-state index contributed by atoms with van der Waals surface area (Å²) in [6.45, 7) is 6.29. The minimum Gasteiger partial charge on any atom is -0.481 e. The largest absolute Gasteiger partial charge is 0.481 e. The Morgan fingerprint density at radius 1 is 1.08 bits per heavy atom. The van der Waals surface area contributed by atoms with Gasteiger partial charge in [0.25, 0.3) is 0 Å². The third-order valence-electron chi connectivity index (χ3n) is 4.05. The van der Waals surface area contributed by atoms with Crippen LogP contribution in [0.1, 0.15) is 32.4 Å².